The van der Waals surface area contributed by atoms with E-state index in [1.807, 2.05) is 13.0 Å². The monoisotopic (exact) mass is 416 g/mol. The van der Waals surface area contributed by atoms with Gasteiger partial charge in [-0.15, -0.1) is 0 Å². The molecule has 0 saturated heterocycles. The second-order valence-corrected chi connectivity index (χ2v) is 9.83. The van der Waals surface area contributed by atoms with E-state index in [0.717, 1.165) is 70.6 Å². The van der Waals surface area contributed by atoms with Crippen LogP contribution in [0.5, 0.6) is 0 Å². The smallest absolute Gasteiger partial charge is 0.351 e. The predicted octanol–water partition coefficient (Wildman–Crippen LogP) is 4.92. The summed E-state index contributed by atoms with van der Waals surface area (Å²) in [7, 11) is 0. The number of ketones is 1. The van der Waals surface area contributed by atoms with E-state index in [1.54, 1.807) is 6.08 Å². The molecule has 0 aromatic carbocycles. The number of esters is 2. The van der Waals surface area contributed by atoms with Gasteiger partial charge < -0.3 is 9.47 Å². The third-order valence-electron chi connectivity index (χ3n) is 8.04. The minimum Gasteiger partial charge on any atom is -0.463 e. The van der Waals surface area contributed by atoms with Crippen LogP contribution in [0.1, 0.15) is 90.4 Å². The molecule has 0 N–H and O–H groups in total. The third-order valence-corrected chi connectivity index (χ3v) is 8.04. The molecule has 4 rings (SSSR count). The second kappa shape index (κ2) is 8.84. The van der Waals surface area contributed by atoms with Crippen LogP contribution in [0.2, 0.25) is 0 Å². The number of rotatable bonds is 7. The molecule has 3 fully saturated rings. The Bertz CT molecular complexity index is 680. The molecule has 0 aromatic rings. The maximum absolute atomic E-state index is 13.7. The topological polar surface area (TPSA) is 69.7 Å². The minimum atomic E-state index is -1.24. The Kier molecular flexibility index (Phi) is 6.36. The molecule has 0 aromatic heterocycles. The highest BCUT2D eigenvalue weighted by molar-refractivity contribution is 6.11. The van der Waals surface area contributed by atoms with Crippen molar-refractivity contribution < 1.29 is 23.9 Å². The van der Waals surface area contributed by atoms with Gasteiger partial charge in [0, 0.05) is 17.8 Å². The Balaban J connectivity index is 1.70. The maximum Gasteiger partial charge on any atom is 0.351 e. The molecular formula is C25H36O5. The largest absolute Gasteiger partial charge is 0.463 e. The molecule has 4 aliphatic rings. The van der Waals surface area contributed by atoms with E-state index in [9.17, 15) is 14.4 Å². The average Bonchev–Trinajstić information content (AvgIpc) is 3.30. The lowest BCUT2D eigenvalue weighted by molar-refractivity contribution is -0.208. The summed E-state index contributed by atoms with van der Waals surface area (Å²) in [6, 6.07) is 0. The minimum absolute atomic E-state index is 0.0169. The molecule has 5 nitrogen and oxygen atoms in total. The summed E-state index contributed by atoms with van der Waals surface area (Å²) in [5, 5.41) is 0. The van der Waals surface area contributed by atoms with Gasteiger partial charge in [-0.1, -0.05) is 57.6 Å². The molecule has 2 unspecified atom stereocenters. The van der Waals surface area contributed by atoms with Crippen molar-refractivity contribution in [3.8, 4) is 0 Å². The van der Waals surface area contributed by atoms with Crippen LogP contribution in [0.4, 0.5) is 0 Å². The molecule has 2 atom stereocenters. The van der Waals surface area contributed by atoms with Gasteiger partial charge in [0.25, 0.3) is 0 Å². The molecule has 3 saturated carbocycles. The Labute approximate surface area is 179 Å². The van der Waals surface area contributed by atoms with Gasteiger partial charge in [0.2, 0.25) is 5.60 Å². The van der Waals surface area contributed by atoms with E-state index in [-0.39, 0.29) is 29.5 Å². The molecule has 2 bridgehead atoms. The summed E-state index contributed by atoms with van der Waals surface area (Å²) in [4.78, 5) is 40.1. The number of hydrogen-bond donors (Lipinski definition) is 0. The molecule has 4 aliphatic carbocycles. The summed E-state index contributed by atoms with van der Waals surface area (Å²) < 4.78 is 12.1. The van der Waals surface area contributed by atoms with Gasteiger partial charge in [-0.2, -0.15) is 0 Å². The van der Waals surface area contributed by atoms with Crippen LogP contribution in [0.25, 0.3) is 0 Å². The Hall–Kier alpha value is -1.65. The number of ether oxygens (including phenoxy) is 2. The predicted molar refractivity (Wildman–Crippen MR) is 113 cm³/mol. The maximum atomic E-state index is 13.7. The summed E-state index contributed by atoms with van der Waals surface area (Å²) >= 11 is 0. The van der Waals surface area contributed by atoms with Crippen molar-refractivity contribution in [1.29, 1.82) is 0 Å². The zero-order valence-electron chi connectivity index (χ0n) is 18.3. The lowest BCUT2D eigenvalue weighted by Crippen LogP contribution is -2.58. The van der Waals surface area contributed by atoms with E-state index < -0.39 is 17.0 Å². The van der Waals surface area contributed by atoms with Crippen molar-refractivity contribution in [3.63, 3.8) is 0 Å². The molecular weight excluding hydrogens is 380 g/mol. The van der Waals surface area contributed by atoms with Crippen LogP contribution < -0.4 is 0 Å². The summed E-state index contributed by atoms with van der Waals surface area (Å²) in [5.41, 5.74) is -2.42. The molecule has 0 amide bonds. The number of Topliss-reactive ketones (excluding diaryl/α,β-unsaturated/α-hetero) is 1. The fourth-order valence-electron chi connectivity index (χ4n) is 6.36. The Morgan fingerprint density at radius 2 is 1.60 bits per heavy atom. The lowest BCUT2D eigenvalue weighted by Gasteiger charge is -2.46. The van der Waals surface area contributed by atoms with E-state index >= 15 is 0 Å². The number of fused-ring (bicyclic) bond motifs is 2. The fraction of sp³-hybridized carbons (Fsp3) is 0.800. The number of carbonyl (C=O) groups is 3. The number of hydrogen-bond acceptors (Lipinski definition) is 5. The van der Waals surface area contributed by atoms with Crippen molar-refractivity contribution in [2.45, 2.75) is 96.0 Å². The van der Waals surface area contributed by atoms with Gasteiger partial charge in [-0.05, 0) is 44.9 Å². The van der Waals surface area contributed by atoms with Crippen LogP contribution in [0, 0.1) is 23.2 Å². The molecule has 0 heterocycles. The molecule has 0 aliphatic heterocycles. The van der Waals surface area contributed by atoms with Gasteiger partial charge >= 0.3 is 11.9 Å². The van der Waals surface area contributed by atoms with Crippen LogP contribution in [0.3, 0.4) is 0 Å². The first-order valence-electron chi connectivity index (χ1n) is 12.2. The highest BCUT2D eigenvalue weighted by atomic mass is 16.6. The summed E-state index contributed by atoms with van der Waals surface area (Å²) in [6.07, 6.45) is 15.5. The van der Waals surface area contributed by atoms with Crippen molar-refractivity contribution in [3.05, 3.63) is 12.2 Å². The van der Waals surface area contributed by atoms with E-state index in [4.69, 9.17) is 9.47 Å². The van der Waals surface area contributed by atoms with Gasteiger partial charge in [-0.3, -0.25) is 9.59 Å². The standard InChI is InChI=1S/C25H36O5/c1-2-17-29-23(28)25(19-9-5-3-6-10-19,20-11-7-4-8-12-20)30-22(27)24-15-13-18(14-16-24)21(24)26/h13,15,18-20H,2-12,14,16-17H2,1H3. The van der Waals surface area contributed by atoms with E-state index in [1.165, 1.54) is 0 Å². The van der Waals surface area contributed by atoms with Crippen LogP contribution in [0.15, 0.2) is 12.2 Å². The van der Waals surface area contributed by atoms with Gasteiger partial charge in [0.1, 0.15) is 5.41 Å². The van der Waals surface area contributed by atoms with E-state index in [2.05, 4.69) is 0 Å². The Morgan fingerprint density at radius 3 is 2.03 bits per heavy atom. The lowest BCUT2D eigenvalue weighted by atomic mass is 9.66. The van der Waals surface area contributed by atoms with Crippen LogP contribution >= 0.6 is 0 Å². The normalized spacial score (nSPS) is 29.9. The highest BCUT2D eigenvalue weighted by Crippen LogP contribution is 2.51. The van der Waals surface area contributed by atoms with Gasteiger partial charge in [0.15, 0.2) is 5.78 Å². The van der Waals surface area contributed by atoms with Crippen molar-refractivity contribution in [1.82, 2.24) is 0 Å². The zero-order chi connectivity index (χ0) is 21.2. The SMILES string of the molecule is CCCOC(=O)C(OC(=O)C12C=CC(CC1)C2=O)(C1CCCCC1)C1CCCCC1. The van der Waals surface area contributed by atoms with Crippen LogP contribution in [-0.4, -0.2) is 29.9 Å². The first kappa shape index (κ1) is 21.6. The van der Waals surface area contributed by atoms with Crippen molar-refractivity contribution in [2.75, 3.05) is 6.61 Å². The summed E-state index contributed by atoms with van der Waals surface area (Å²) in [6.45, 7) is 2.31. The van der Waals surface area contributed by atoms with Crippen molar-refractivity contribution >= 4 is 17.7 Å². The van der Waals surface area contributed by atoms with E-state index in [0.29, 0.717) is 19.4 Å². The summed E-state index contributed by atoms with van der Waals surface area (Å²) in [5.74, 6) is -1.11. The first-order valence-corrected chi connectivity index (χ1v) is 12.2. The van der Waals surface area contributed by atoms with Crippen LogP contribution in [-0.2, 0) is 23.9 Å². The molecule has 30 heavy (non-hydrogen) atoms. The number of allylic oxidation sites excluding steroid dienone is 1. The molecule has 0 radical (unpaired) electrons. The van der Waals surface area contributed by atoms with Gasteiger partial charge in [0.05, 0.1) is 6.61 Å². The third kappa shape index (κ3) is 3.52. The molecule has 5 heteroatoms. The fourth-order valence-corrected chi connectivity index (χ4v) is 6.36. The highest BCUT2D eigenvalue weighted by Gasteiger charge is 2.61. The second-order valence-electron chi connectivity index (χ2n) is 9.83. The molecule has 0 spiro atoms. The Morgan fingerprint density at radius 1 is 1.00 bits per heavy atom. The molecule has 166 valence electrons. The van der Waals surface area contributed by atoms with Gasteiger partial charge in [-0.25, -0.2) is 4.79 Å². The number of carbonyl (C=O) groups excluding carboxylic acids is 3. The first-order chi connectivity index (χ1) is 14.5. The average molecular weight is 417 g/mol. The van der Waals surface area contributed by atoms with Crippen molar-refractivity contribution in [2.24, 2.45) is 23.2 Å². The zero-order valence-corrected chi connectivity index (χ0v) is 18.3. The quantitative estimate of drug-likeness (QED) is 0.335.